The zero-order valence-electron chi connectivity index (χ0n) is 24.6. The molecule has 0 fully saturated rings. The summed E-state index contributed by atoms with van der Waals surface area (Å²) in [6, 6.07) is 11.8. The number of aliphatic imine (C=N–C) groups is 1. The smallest absolute Gasteiger partial charge is 0.333 e. The lowest BCUT2D eigenvalue weighted by Gasteiger charge is -2.32. The number of nitrogens with two attached hydrogens (primary N) is 1. The van der Waals surface area contributed by atoms with Gasteiger partial charge in [-0.2, -0.15) is 24.2 Å². The Hall–Kier alpha value is -5.30. The molecule has 3 atom stereocenters. The third-order valence-electron chi connectivity index (χ3n) is 7.69. The predicted octanol–water partition coefficient (Wildman–Crippen LogP) is 5.32. The maximum atomic E-state index is 14.6. The van der Waals surface area contributed by atoms with Crippen LogP contribution in [0, 0.1) is 17.2 Å². The van der Waals surface area contributed by atoms with Crippen molar-refractivity contribution in [2.45, 2.75) is 44.3 Å². The van der Waals surface area contributed by atoms with Crippen LogP contribution >= 0.6 is 11.6 Å². The van der Waals surface area contributed by atoms with Crippen molar-refractivity contribution < 1.29 is 31.9 Å². The zero-order chi connectivity index (χ0) is 33.9. The van der Waals surface area contributed by atoms with Gasteiger partial charge in [0.15, 0.2) is 17.3 Å². The van der Waals surface area contributed by atoms with Crippen molar-refractivity contribution in [1.82, 2.24) is 29.4 Å². The molecule has 1 aliphatic heterocycles. The Kier molecular flexibility index (Phi) is 9.56. The topological polar surface area (TPSA) is 157 Å². The minimum Gasteiger partial charge on any atom is -0.465 e. The number of aromatic nitrogens is 5. The van der Waals surface area contributed by atoms with Gasteiger partial charge in [-0.3, -0.25) is 14.5 Å². The zero-order valence-corrected chi connectivity index (χ0v) is 25.3. The first-order chi connectivity index (χ1) is 22.5. The molecular weight excluding hydrogens is 646 g/mol. The fourth-order valence-electron chi connectivity index (χ4n) is 5.54. The number of hydrogen-bond acceptors (Lipinski definition) is 9. The highest BCUT2D eigenvalue weighted by Crippen LogP contribution is 2.43. The number of nitrogens with zero attached hydrogens (tertiary/aromatic N) is 8. The monoisotopic (exact) mass is 671 g/mol. The van der Waals surface area contributed by atoms with E-state index in [2.05, 4.69) is 26.2 Å². The first-order valence-corrected chi connectivity index (χ1v) is 14.4. The van der Waals surface area contributed by atoms with Crippen molar-refractivity contribution in [3.63, 3.8) is 0 Å². The van der Waals surface area contributed by atoms with Crippen molar-refractivity contribution in [3.8, 4) is 22.9 Å². The third-order valence-corrected chi connectivity index (χ3v) is 8.01. The van der Waals surface area contributed by atoms with Crippen molar-refractivity contribution in [1.29, 1.82) is 5.26 Å². The Bertz CT molecular complexity index is 1840. The van der Waals surface area contributed by atoms with Crippen LogP contribution in [-0.2, 0) is 19.9 Å². The van der Waals surface area contributed by atoms with Crippen molar-refractivity contribution in [3.05, 3.63) is 83.2 Å². The average Bonchev–Trinajstić information content (AvgIpc) is 3.78. The molecule has 12 nitrogen and oxygen atoms in total. The summed E-state index contributed by atoms with van der Waals surface area (Å²) >= 11 is 6.36. The van der Waals surface area contributed by atoms with Crippen molar-refractivity contribution in [2.75, 3.05) is 6.61 Å². The first kappa shape index (κ1) is 33.1. The minimum absolute atomic E-state index is 0.0230. The number of alkyl halides is 4. The molecule has 1 amide bonds. The van der Waals surface area contributed by atoms with Crippen LogP contribution in [0.15, 0.2) is 66.2 Å². The Morgan fingerprint density at radius 3 is 2.51 bits per heavy atom. The van der Waals surface area contributed by atoms with E-state index >= 15 is 0 Å². The fraction of sp³-hybridized carbons (Fsp3) is 0.300. The summed E-state index contributed by atoms with van der Waals surface area (Å²) in [5.74, 6) is -1.84. The molecule has 2 aromatic carbocycles. The number of ether oxygens (including phenoxy) is 1. The predicted molar refractivity (Wildman–Crippen MR) is 159 cm³/mol. The molecule has 3 heterocycles. The van der Waals surface area contributed by atoms with Gasteiger partial charge in [0.1, 0.15) is 12.9 Å². The molecule has 2 N–H and O–H groups in total. The molecule has 0 bridgehead atoms. The lowest BCUT2D eigenvalue weighted by atomic mass is 9.80. The SMILES string of the molecule is C[C@H](CC#N)C[C@]1(c2ccc(-c3cnn(C(F)F)c3)cc2)N=C(N)N([C@H](COC=O)c2ccc(Cl)c(-n3ncnc3C(F)F)c2)C1=O. The van der Waals surface area contributed by atoms with E-state index in [1.165, 1.54) is 30.6 Å². The van der Waals surface area contributed by atoms with Gasteiger partial charge < -0.3 is 10.5 Å². The van der Waals surface area contributed by atoms with Crippen LogP contribution in [0.1, 0.15) is 55.7 Å². The van der Waals surface area contributed by atoms with Gasteiger partial charge in [-0.15, -0.1) is 0 Å². The van der Waals surface area contributed by atoms with E-state index in [-0.39, 0.29) is 41.9 Å². The average molecular weight is 672 g/mol. The van der Waals surface area contributed by atoms with Crippen LogP contribution in [0.5, 0.6) is 0 Å². The van der Waals surface area contributed by atoms with Gasteiger partial charge in [0.25, 0.3) is 18.8 Å². The molecule has 0 spiro atoms. The second kappa shape index (κ2) is 13.6. The van der Waals surface area contributed by atoms with E-state index in [0.717, 1.165) is 15.9 Å². The highest BCUT2D eigenvalue weighted by molar-refractivity contribution is 6.32. The number of rotatable bonds is 13. The van der Waals surface area contributed by atoms with Gasteiger partial charge in [0, 0.05) is 18.2 Å². The van der Waals surface area contributed by atoms with Crippen molar-refractivity contribution >= 4 is 29.9 Å². The Balaban J connectivity index is 1.57. The number of guanidine groups is 1. The van der Waals surface area contributed by atoms with Crippen LogP contribution in [-0.4, -0.2) is 54.4 Å². The molecule has 0 radical (unpaired) electrons. The number of halogens is 5. The molecule has 0 unspecified atom stereocenters. The molecule has 4 aromatic rings. The molecule has 5 rings (SSSR count). The molecule has 0 saturated carbocycles. The lowest BCUT2D eigenvalue weighted by molar-refractivity contribution is -0.138. The second-order valence-corrected chi connectivity index (χ2v) is 11.1. The first-order valence-electron chi connectivity index (χ1n) is 14.0. The largest absolute Gasteiger partial charge is 0.465 e. The normalized spacial score (nSPS) is 17.6. The van der Waals surface area contributed by atoms with E-state index in [1.54, 1.807) is 31.2 Å². The molecule has 244 valence electrons. The summed E-state index contributed by atoms with van der Waals surface area (Å²) < 4.78 is 59.9. The van der Waals surface area contributed by atoms with Gasteiger partial charge in [0.2, 0.25) is 0 Å². The van der Waals surface area contributed by atoms with Crippen LogP contribution in [0.4, 0.5) is 17.6 Å². The van der Waals surface area contributed by atoms with Gasteiger partial charge in [-0.05, 0) is 41.2 Å². The highest BCUT2D eigenvalue weighted by Gasteiger charge is 2.52. The minimum atomic E-state index is -2.97. The van der Waals surface area contributed by atoms with Crippen molar-refractivity contribution in [2.24, 2.45) is 16.6 Å². The number of nitriles is 1. The summed E-state index contributed by atoms with van der Waals surface area (Å²) in [7, 11) is 0. The molecule has 47 heavy (non-hydrogen) atoms. The summed E-state index contributed by atoms with van der Waals surface area (Å²) in [6.07, 6.45) is 0.591. The molecule has 0 saturated heterocycles. The molecule has 0 aliphatic carbocycles. The van der Waals surface area contributed by atoms with E-state index < -0.39 is 42.9 Å². The number of benzene rings is 2. The Morgan fingerprint density at radius 1 is 1.13 bits per heavy atom. The van der Waals surface area contributed by atoms with Crippen LogP contribution in [0.3, 0.4) is 0 Å². The molecule has 1 aliphatic rings. The highest BCUT2D eigenvalue weighted by atomic mass is 35.5. The Morgan fingerprint density at radius 2 is 1.87 bits per heavy atom. The quantitative estimate of drug-likeness (QED) is 0.148. The van der Waals surface area contributed by atoms with Crippen LogP contribution in [0.2, 0.25) is 5.02 Å². The Labute approximate surface area is 270 Å². The number of hydrogen-bond donors (Lipinski definition) is 1. The summed E-state index contributed by atoms with van der Waals surface area (Å²) in [5.41, 5.74) is 6.48. The number of amides is 1. The van der Waals surface area contributed by atoms with Gasteiger partial charge in [-0.25, -0.2) is 28.1 Å². The lowest BCUT2D eigenvalue weighted by Crippen LogP contribution is -2.46. The van der Waals surface area contributed by atoms with Gasteiger partial charge >= 0.3 is 6.55 Å². The van der Waals surface area contributed by atoms with Gasteiger partial charge in [-0.1, -0.05) is 48.9 Å². The summed E-state index contributed by atoms with van der Waals surface area (Å²) in [4.78, 5) is 35.3. The third kappa shape index (κ3) is 6.39. The van der Waals surface area contributed by atoms with Crippen LogP contribution < -0.4 is 5.73 Å². The molecule has 17 heteroatoms. The van der Waals surface area contributed by atoms with E-state index in [4.69, 9.17) is 22.1 Å². The molecular formula is C30H26ClF4N9O3. The second-order valence-electron chi connectivity index (χ2n) is 10.7. The number of carbonyl (C=O) groups is 2. The standard InChI is InChI=1S/C30H26ClF4N9O3/c1-17(8-9-36)11-30(21-5-2-18(3-6-21)20-12-39-42(13-20)28(34)35)27(46)43(29(37)41-30)24(14-47-16-45)19-4-7-22(31)23(10-19)44-26(25(32)33)38-15-40-44/h2-7,10,12-13,15-17,24-25,28H,8,11,14H2,1H3,(H2,37,41)/t17-,24-,30-/m1/s1. The maximum Gasteiger partial charge on any atom is 0.333 e. The van der Waals surface area contributed by atoms with E-state index in [0.29, 0.717) is 26.9 Å². The van der Waals surface area contributed by atoms with Gasteiger partial charge in [0.05, 0.1) is 29.0 Å². The maximum absolute atomic E-state index is 14.6. The fourth-order valence-corrected chi connectivity index (χ4v) is 5.74. The van der Waals surface area contributed by atoms with Crippen LogP contribution in [0.25, 0.3) is 16.8 Å². The number of carbonyl (C=O) groups excluding carboxylic acids is 2. The van der Waals surface area contributed by atoms with E-state index in [9.17, 15) is 32.4 Å². The summed E-state index contributed by atoms with van der Waals surface area (Å²) in [6.45, 7) is -1.26. The van der Waals surface area contributed by atoms with E-state index in [1.807, 2.05) is 0 Å². The molecule has 2 aromatic heterocycles. The summed E-state index contributed by atoms with van der Waals surface area (Å²) in [5, 5.41) is 16.9.